The largest absolute Gasteiger partial charge is 0.339 e. The van der Waals surface area contributed by atoms with Crippen LogP contribution in [0.2, 0.25) is 0 Å². The number of carbonyl (C=O) groups excluding carboxylic acids is 2. The number of hydrogen-bond acceptors (Lipinski definition) is 4. The Bertz CT molecular complexity index is 661. The van der Waals surface area contributed by atoms with Crippen LogP contribution in [0, 0.1) is 5.92 Å². The lowest BCUT2D eigenvalue weighted by Crippen LogP contribution is -2.59. The predicted molar refractivity (Wildman–Crippen MR) is 114 cm³/mol. The summed E-state index contributed by atoms with van der Waals surface area (Å²) in [5.41, 5.74) is -0.580. The van der Waals surface area contributed by atoms with E-state index in [1.165, 1.54) is 32.1 Å². The topological polar surface area (TPSA) is 70.5 Å². The molecule has 1 aromatic heterocycles. The summed E-state index contributed by atoms with van der Waals surface area (Å²) in [6.07, 6.45) is 12.1. The number of hydrogen-bond donors (Lipinski definition) is 1. The van der Waals surface area contributed by atoms with Crippen LogP contribution in [0.3, 0.4) is 0 Å². The molecule has 8 heteroatoms. The van der Waals surface area contributed by atoms with E-state index in [1.54, 1.807) is 6.20 Å². The highest BCUT2D eigenvalue weighted by atomic mass is 35.5. The number of carbonyl (C=O) groups is 2. The fourth-order valence-electron chi connectivity index (χ4n) is 5.12. The molecule has 7 nitrogen and oxygen atoms in total. The average Bonchev–Trinajstić information content (AvgIpc) is 3.30. The van der Waals surface area contributed by atoms with Gasteiger partial charge in [0.15, 0.2) is 0 Å². The van der Waals surface area contributed by atoms with Gasteiger partial charge in [-0.05, 0) is 50.8 Å². The summed E-state index contributed by atoms with van der Waals surface area (Å²) in [7, 11) is 0. The Morgan fingerprint density at radius 2 is 1.66 bits per heavy atom. The van der Waals surface area contributed by atoms with Gasteiger partial charge in [-0.2, -0.15) is 5.10 Å². The van der Waals surface area contributed by atoms with Crippen LogP contribution in [0.25, 0.3) is 0 Å². The van der Waals surface area contributed by atoms with E-state index in [0.717, 1.165) is 25.9 Å². The first-order valence-corrected chi connectivity index (χ1v) is 11.0. The summed E-state index contributed by atoms with van der Waals surface area (Å²) >= 11 is 0. The number of nitrogens with one attached hydrogen (secondary N) is 1. The maximum Gasteiger partial charge on any atom is 0.250 e. The van der Waals surface area contributed by atoms with E-state index in [0.29, 0.717) is 38.5 Å². The van der Waals surface area contributed by atoms with Gasteiger partial charge in [-0.1, -0.05) is 19.3 Å². The van der Waals surface area contributed by atoms with Gasteiger partial charge in [0.1, 0.15) is 5.54 Å². The van der Waals surface area contributed by atoms with Gasteiger partial charge >= 0.3 is 0 Å². The van der Waals surface area contributed by atoms with E-state index in [2.05, 4.69) is 10.4 Å². The SMILES string of the molecule is Cl.O=C(CC1CCCCC1)N1CCN(C(=O)C2(n3cccn3)CCNCC2)CC1. The van der Waals surface area contributed by atoms with Gasteiger partial charge in [0, 0.05) is 45.0 Å². The van der Waals surface area contributed by atoms with Gasteiger partial charge < -0.3 is 15.1 Å². The maximum atomic E-state index is 13.5. The van der Waals surface area contributed by atoms with Gasteiger partial charge in [0.2, 0.25) is 5.91 Å². The zero-order valence-corrected chi connectivity index (χ0v) is 18.0. The Labute approximate surface area is 179 Å². The van der Waals surface area contributed by atoms with Gasteiger partial charge in [0.25, 0.3) is 5.91 Å². The van der Waals surface area contributed by atoms with Crippen molar-refractivity contribution < 1.29 is 9.59 Å². The van der Waals surface area contributed by atoms with Crippen molar-refractivity contribution in [3.63, 3.8) is 0 Å². The first-order chi connectivity index (χ1) is 13.7. The average molecular weight is 424 g/mol. The molecular weight excluding hydrogens is 390 g/mol. The zero-order valence-electron chi connectivity index (χ0n) is 17.2. The van der Waals surface area contributed by atoms with Gasteiger partial charge in [-0.15, -0.1) is 12.4 Å². The monoisotopic (exact) mass is 423 g/mol. The third kappa shape index (κ3) is 4.77. The number of piperazine rings is 1. The minimum Gasteiger partial charge on any atom is -0.339 e. The van der Waals surface area contributed by atoms with Crippen LogP contribution in [0.15, 0.2) is 18.5 Å². The lowest BCUT2D eigenvalue weighted by atomic mass is 9.86. The molecule has 2 amide bonds. The van der Waals surface area contributed by atoms with E-state index in [-0.39, 0.29) is 24.2 Å². The lowest BCUT2D eigenvalue weighted by Gasteiger charge is -2.43. The van der Waals surface area contributed by atoms with Crippen molar-refractivity contribution >= 4 is 24.2 Å². The van der Waals surface area contributed by atoms with Crippen LogP contribution in [0.1, 0.15) is 51.4 Å². The van der Waals surface area contributed by atoms with Crippen molar-refractivity contribution in [1.82, 2.24) is 24.9 Å². The van der Waals surface area contributed by atoms with Crippen molar-refractivity contribution in [1.29, 1.82) is 0 Å². The molecule has 0 bridgehead atoms. The normalized spacial score (nSPS) is 22.8. The fraction of sp³-hybridized carbons (Fsp3) is 0.762. The number of amides is 2. The van der Waals surface area contributed by atoms with Gasteiger partial charge in [-0.25, -0.2) is 0 Å². The summed E-state index contributed by atoms with van der Waals surface area (Å²) in [5, 5.41) is 7.77. The molecule has 3 fully saturated rings. The van der Waals surface area contributed by atoms with Crippen LogP contribution in [-0.4, -0.2) is 70.7 Å². The Morgan fingerprint density at radius 3 is 2.28 bits per heavy atom. The first-order valence-electron chi connectivity index (χ1n) is 11.0. The van der Waals surface area contributed by atoms with E-state index >= 15 is 0 Å². The number of nitrogens with zero attached hydrogens (tertiary/aromatic N) is 4. The molecule has 0 spiro atoms. The van der Waals surface area contributed by atoms with Crippen LogP contribution in [-0.2, 0) is 15.1 Å². The van der Waals surface area contributed by atoms with E-state index in [4.69, 9.17) is 0 Å². The standard InChI is InChI=1S/C21H33N5O2.ClH/c27-19(17-18-5-2-1-3-6-18)24-13-15-25(16-14-24)20(28)21(7-10-22-11-8-21)26-12-4-9-23-26;/h4,9,12,18,22H,1-3,5-8,10-11,13-17H2;1H. The van der Waals surface area contributed by atoms with Crippen LogP contribution >= 0.6 is 12.4 Å². The molecule has 3 aliphatic rings. The number of aromatic nitrogens is 2. The summed E-state index contributed by atoms with van der Waals surface area (Å²) < 4.78 is 1.86. The molecule has 1 N–H and O–H groups in total. The number of rotatable bonds is 4. The van der Waals surface area contributed by atoms with Crippen molar-refractivity contribution in [2.45, 2.75) is 56.9 Å². The smallest absolute Gasteiger partial charge is 0.250 e. The summed E-state index contributed by atoms with van der Waals surface area (Å²) in [5.74, 6) is 1.01. The molecule has 2 aliphatic heterocycles. The molecule has 4 rings (SSSR count). The third-order valence-corrected chi connectivity index (χ3v) is 6.88. The molecule has 1 aromatic rings. The Morgan fingerprint density at radius 1 is 1.00 bits per heavy atom. The molecule has 3 heterocycles. The Balaban J connectivity index is 0.00000240. The second-order valence-corrected chi connectivity index (χ2v) is 8.61. The van der Waals surface area contributed by atoms with Crippen LogP contribution in [0.5, 0.6) is 0 Å². The van der Waals surface area contributed by atoms with Crippen LogP contribution < -0.4 is 5.32 Å². The van der Waals surface area contributed by atoms with E-state index in [9.17, 15) is 9.59 Å². The molecular formula is C21H34ClN5O2. The third-order valence-electron chi connectivity index (χ3n) is 6.88. The number of halogens is 1. The second kappa shape index (κ2) is 9.94. The van der Waals surface area contributed by atoms with Crippen molar-refractivity contribution in [3.05, 3.63) is 18.5 Å². The second-order valence-electron chi connectivity index (χ2n) is 8.61. The Hall–Kier alpha value is -1.60. The molecule has 1 aliphatic carbocycles. The van der Waals surface area contributed by atoms with Crippen LogP contribution in [0.4, 0.5) is 0 Å². The quantitative estimate of drug-likeness (QED) is 0.804. The predicted octanol–water partition coefficient (Wildman–Crippen LogP) is 2.02. The van der Waals surface area contributed by atoms with Gasteiger partial charge in [-0.3, -0.25) is 14.3 Å². The highest BCUT2D eigenvalue weighted by molar-refractivity contribution is 5.85. The minimum absolute atomic E-state index is 0. The fourth-order valence-corrected chi connectivity index (χ4v) is 5.12. The van der Waals surface area contributed by atoms with Crippen molar-refractivity contribution in [2.75, 3.05) is 39.3 Å². The van der Waals surface area contributed by atoms with E-state index < -0.39 is 5.54 Å². The first kappa shape index (κ1) is 22.1. The lowest BCUT2D eigenvalue weighted by molar-refractivity contribution is -0.148. The molecule has 0 atom stereocenters. The highest BCUT2D eigenvalue weighted by Crippen LogP contribution is 2.30. The molecule has 0 radical (unpaired) electrons. The van der Waals surface area contributed by atoms with Crippen molar-refractivity contribution in [2.24, 2.45) is 5.92 Å². The van der Waals surface area contributed by atoms with Gasteiger partial charge in [0.05, 0.1) is 0 Å². The Kier molecular flexibility index (Phi) is 7.57. The van der Waals surface area contributed by atoms with Crippen molar-refractivity contribution in [3.8, 4) is 0 Å². The molecule has 2 saturated heterocycles. The molecule has 1 saturated carbocycles. The summed E-state index contributed by atoms with van der Waals surface area (Å²) in [6, 6.07) is 1.89. The zero-order chi connectivity index (χ0) is 19.4. The highest BCUT2D eigenvalue weighted by Gasteiger charge is 2.45. The summed E-state index contributed by atoms with van der Waals surface area (Å²) in [6.45, 7) is 4.23. The molecule has 29 heavy (non-hydrogen) atoms. The minimum atomic E-state index is -0.580. The summed E-state index contributed by atoms with van der Waals surface area (Å²) in [4.78, 5) is 30.1. The molecule has 162 valence electrons. The number of piperidine rings is 1. The maximum absolute atomic E-state index is 13.5. The molecule has 0 unspecified atom stereocenters. The molecule has 0 aromatic carbocycles. The van der Waals surface area contributed by atoms with E-state index in [1.807, 2.05) is 26.7 Å².